The summed E-state index contributed by atoms with van der Waals surface area (Å²) in [5.41, 5.74) is -1.10. The van der Waals surface area contributed by atoms with Gasteiger partial charge in [0, 0.05) is 4.47 Å². The molecule has 0 atom stereocenters. The first-order valence-corrected chi connectivity index (χ1v) is 4.00. The molecular weight excluding hydrogens is 252 g/mol. The molecule has 1 radical (unpaired) electrons. The average molecular weight is 256 g/mol. The normalized spacial score (nSPS) is 11.8. The zero-order chi connectivity index (χ0) is 10.2. The van der Waals surface area contributed by atoms with Gasteiger partial charge in [-0.2, -0.15) is 13.2 Å². The molecule has 5 heteroatoms. The van der Waals surface area contributed by atoms with E-state index in [0.717, 1.165) is 6.07 Å². The lowest BCUT2D eigenvalue weighted by Crippen LogP contribution is -2.07. The van der Waals surface area contributed by atoms with E-state index >= 15 is 0 Å². The van der Waals surface area contributed by atoms with Gasteiger partial charge in [-0.05, 0) is 24.6 Å². The van der Waals surface area contributed by atoms with Crippen LogP contribution in [-0.2, 0) is 6.18 Å². The van der Waals surface area contributed by atoms with E-state index in [1.807, 2.05) is 0 Å². The summed E-state index contributed by atoms with van der Waals surface area (Å²) in [5.74, 6) is -0.962. The topological polar surface area (TPSA) is 0 Å². The van der Waals surface area contributed by atoms with E-state index in [1.54, 1.807) is 0 Å². The molecule has 1 rings (SSSR count). The lowest BCUT2D eigenvalue weighted by molar-refractivity contribution is -0.138. The molecule has 13 heavy (non-hydrogen) atoms. The highest BCUT2D eigenvalue weighted by Gasteiger charge is 2.33. The summed E-state index contributed by atoms with van der Waals surface area (Å²) < 4.78 is 48.9. The van der Waals surface area contributed by atoms with E-state index in [2.05, 4.69) is 22.9 Å². The largest absolute Gasteiger partial charge is 0.417 e. The fraction of sp³-hybridized carbons (Fsp3) is 0.125. The Kier molecular flexibility index (Phi) is 2.66. The molecule has 71 valence electrons. The molecule has 0 aliphatic heterocycles. The van der Waals surface area contributed by atoms with Crippen molar-refractivity contribution < 1.29 is 17.6 Å². The van der Waals surface area contributed by atoms with E-state index in [-0.39, 0.29) is 10.0 Å². The van der Waals surface area contributed by atoms with E-state index in [0.29, 0.717) is 6.07 Å². The maximum absolute atomic E-state index is 12.7. The van der Waals surface area contributed by atoms with Crippen molar-refractivity contribution in [1.29, 1.82) is 0 Å². The molecule has 0 fully saturated rings. The van der Waals surface area contributed by atoms with Gasteiger partial charge in [-0.1, -0.05) is 15.9 Å². The lowest BCUT2D eigenvalue weighted by atomic mass is 10.1. The Bertz CT molecular complexity index is 330. The van der Waals surface area contributed by atoms with Gasteiger partial charge in [0.05, 0.1) is 5.56 Å². The summed E-state index contributed by atoms with van der Waals surface area (Å²) in [4.78, 5) is 0. The third kappa shape index (κ3) is 2.21. The van der Waals surface area contributed by atoms with E-state index in [9.17, 15) is 17.6 Å². The first kappa shape index (κ1) is 10.5. The molecule has 0 aliphatic carbocycles. The smallest absolute Gasteiger partial charge is 0.207 e. The molecule has 0 aromatic heterocycles. The van der Waals surface area contributed by atoms with Gasteiger partial charge in [-0.25, -0.2) is 4.39 Å². The first-order chi connectivity index (χ1) is 5.82. The van der Waals surface area contributed by atoms with Gasteiger partial charge in [0.15, 0.2) is 0 Å². The van der Waals surface area contributed by atoms with Crippen molar-refractivity contribution in [3.8, 4) is 0 Å². The van der Waals surface area contributed by atoms with Crippen LogP contribution in [-0.4, -0.2) is 0 Å². The fourth-order valence-corrected chi connectivity index (χ4v) is 1.42. The number of halogens is 5. The molecule has 0 saturated carbocycles. The minimum Gasteiger partial charge on any atom is -0.207 e. The summed E-state index contributed by atoms with van der Waals surface area (Å²) in [6, 6.07) is 1.42. The standard InChI is InChI=1S/C8H4BrF4/c1-4-2-6(9)5(3-7(4)10)8(11,12)13/h2-3H,1H2. The van der Waals surface area contributed by atoms with Crippen molar-refractivity contribution in [3.63, 3.8) is 0 Å². The number of hydrogen-bond donors (Lipinski definition) is 0. The summed E-state index contributed by atoms with van der Waals surface area (Å²) in [5, 5.41) is 0. The van der Waals surface area contributed by atoms with Crippen LogP contribution in [0.25, 0.3) is 0 Å². The van der Waals surface area contributed by atoms with Crippen LogP contribution in [0.4, 0.5) is 17.6 Å². The molecule has 0 N–H and O–H groups in total. The van der Waals surface area contributed by atoms with Gasteiger partial charge < -0.3 is 0 Å². The molecular formula is C8H4BrF4. The van der Waals surface area contributed by atoms with Crippen molar-refractivity contribution >= 4 is 15.9 Å². The Morgan fingerprint density at radius 1 is 1.23 bits per heavy atom. The number of hydrogen-bond acceptors (Lipinski definition) is 0. The van der Waals surface area contributed by atoms with Crippen LogP contribution in [0.2, 0.25) is 0 Å². The molecule has 0 nitrogen and oxygen atoms in total. The predicted molar refractivity (Wildman–Crippen MR) is 43.6 cm³/mol. The van der Waals surface area contributed by atoms with Crippen molar-refractivity contribution in [2.45, 2.75) is 6.18 Å². The van der Waals surface area contributed by atoms with Crippen molar-refractivity contribution in [3.05, 3.63) is 40.5 Å². The molecule has 1 aromatic rings. The van der Waals surface area contributed by atoms with E-state index in [4.69, 9.17) is 0 Å². The van der Waals surface area contributed by atoms with Crippen LogP contribution in [0.5, 0.6) is 0 Å². The van der Waals surface area contributed by atoms with Crippen LogP contribution >= 0.6 is 15.9 Å². The molecule has 1 aromatic carbocycles. The van der Waals surface area contributed by atoms with Gasteiger partial charge in [-0.3, -0.25) is 0 Å². The Balaban J connectivity index is 3.32. The third-order valence-electron chi connectivity index (χ3n) is 1.44. The first-order valence-electron chi connectivity index (χ1n) is 3.20. The van der Waals surface area contributed by atoms with Crippen LogP contribution < -0.4 is 0 Å². The second kappa shape index (κ2) is 3.29. The van der Waals surface area contributed by atoms with Gasteiger partial charge in [-0.15, -0.1) is 0 Å². The Morgan fingerprint density at radius 3 is 2.23 bits per heavy atom. The van der Waals surface area contributed by atoms with E-state index in [1.165, 1.54) is 0 Å². The van der Waals surface area contributed by atoms with Gasteiger partial charge >= 0.3 is 6.18 Å². The van der Waals surface area contributed by atoms with Crippen LogP contribution in [0, 0.1) is 12.7 Å². The molecule has 0 spiro atoms. The molecule has 0 saturated heterocycles. The maximum atomic E-state index is 12.7. The van der Waals surface area contributed by atoms with Crippen molar-refractivity contribution in [1.82, 2.24) is 0 Å². The summed E-state index contributed by atoms with van der Waals surface area (Å²) in [6.45, 7) is 3.23. The second-order valence-corrected chi connectivity index (χ2v) is 3.28. The lowest BCUT2D eigenvalue weighted by Gasteiger charge is -2.09. The van der Waals surface area contributed by atoms with Crippen LogP contribution in [0.15, 0.2) is 16.6 Å². The maximum Gasteiger partial charge on any atom is 0.417 e. The highest BCUT2D eigenvalue weighted by Crippen LogP contribution is 2.35. The third-order valence-corrected chi connectivity index (χ3v) is 2.10. The number of alkyl halides is 3. The Morgan fingerprint density at radius 2 is 1.77 bits per heavy atom. The Labute approximate surface area is 80.7 Å². The monoisotopic (exact) mass is 255 g/mol. The summed E-state index contributed by atoms with van der Waals surface area (Å²) >= 11 is 2.69. The minimum absolute atomic E-state index is 0.0696. The highest BCUT2D eigenvalue weighted by atomic mass is 79.9. The molecule has 0 unspecified atom stereocenters. The SMILES string of the molecule is [CH2]c1cc(Br)c(C(F)(F)F)cc1F. The average Bonchev–Trinajstić information content (AvgIpc) is 1.94. The minimum atomic E-state index is -4.55. The van der Waals surface area contributed by atoms with Crippen molar-refractivity contribution in [2.75, 3.05) is 0 Å². The van der Waals surface area contributed by atoms with Gasteiger partial charge in [0.1, 0.15) is 5.82 Å². The quantitative estimate of drug-likeness (QED) is 0.619. The van der Waals surface area contributed by atoms with Gasteiger partial charge in [0.2, 0.25) is 0 Å². The van der Waals surface area contributed by atoms with Crippen LogP contribution in [0.1, 0.15) is 11.1 Å². The zero-order valence-corrected chi connectivity index (χ0v) is 7.84. The highest BCUT2D eigenvalue weighted by molar-refractivity contribution is 9.10. The van der Waals surface area contributed by atoms with Gasteiger partial charge in [0.25, 0.3) is 0 Å². The zero-order valence-electron chi connectivity index (χ0n) is 6.25. The second-order valence-electron chi connectivity index (χ2n) is 2.42. The summed E-state index contributed by atoms with van der Waals surface area (Å²) in [6.07, 6.45) is -4.55. The van der Waals surface area contributed by atoms with Crippen LogP contribution in [0.3, 0.4) is 0 Å². The van der Waals surface area contributed by atoms with Crippen molar-refractivity contribution in [2.24, 2.45) is 0 Å². The fourth-order valence-electron chi connectivity index (χ4n) is 0.805. The number of rotatable bonds is 0. The molecule has 0 heterocycles. The summed E-state index contributed by atoms with van der Waals surface area (Å²) in [7, 11) is 0. The van der Waals surface area contributed by atoms with E-state index < -0.39 is 17.6 Å². The Hall–Kier alpha value is -0.580. The number of benzene rings is 1. The molecule has 0 amide bonds. The predicted octanol–water partition coefficient (Wildman–Crippen LogP) is 3.79. The molecule has 0 bridgehead atoms. The molecule has 0 aliphatic rings.